The van der Waals surface area contributed by atoms with Gasteiger partial charge in [0.25, 0.3) is 0 Å². The number of nitrogens with two attached hydrogens (primary N) is 2. The number of aromatic nitrogens is 3. The number of rotatable bonds is 4. The van der Waals surface area contributed by atoms with Crippen LogP contribution in [0.5, 0.6) is 0 Å². The monoisotopic (exact) mass is 399 g/mol. The minimum Gasteiger partial charge on any atom is -0.382 e. The van der Waals surface area contributed by atoms with Crippen molar-refractivity contribution in [3.63, 3.8) is 0 Å². The zero-order chi connectivity index (χ0) is 21.3. The second-order valence-electron chi connectivity index (χ2n) is 6.58. The number of hydrogen-bond donors (Lipinski definition) is 2. The van der Waals surface area contributed by atoms with Crippen LogP contribution in [0.1, 0.15) is 12.5 Å². The standard InChI is InChI=1S/C22H18FN7/c1-2-30(21-16(12-24)20(25)28-22(26)29-21)18-10-14-8-9-15(23)11-17(14)27-19(18)13-6-4-3-5-7-13/h3-11H,2H2,1H3,(H4,25,26,28,29). The molecule has 30 heavy (non-hydrogen) atoms. The molecule has 2 aromatic heterocycles. The second kappa shape index (κ2) is 7.64. The summed E-state index contributed by atoms with van der Waals surface area (Å²) in [5, 5.41) is 10.4. The molecule has 0 atom stereocenters. The molecule has 0 amide bonds. The lowest BCUT2D eigenvalue weighted by molar-refractivity contribution is 0.629. The van der Waals surface area contributed by atoms with Gasteiger partial charge in [-0.2, -0.15) is 15.2 Å². The van der Waals surface area contributed by atoms with Crippen molar-refractivity contribution in [1.29, 1.82) is 5.26 Å². The van der Waals surface area contributed by atoms with E-state index in [1.54, 1.807) is 6.07 Å². The molecular weight excluding hydrogens is 381 g/mol. The van der Waals surface area contributed by atoms with Crippen LogP contribution in [0.2, 0.25) is 0 Å². The van der Waals surface area contributed by atoms with Crippen LogP contribution < -0.4 is 16.4 Å². The highest BCUT2D eigenvalue weighted by molar-refractivity contribution is 5.91. The Balaban J connectivity index is 2.03. The molecule has 0 unspecified atom stereocenters. The Labute approximate surface area is 172 Å². The predicted octanol–water partition coefficient (Wildman–Crippen LogP) is 4.02. The SMILES string of the molecule is CCN(c1cc2ccc(F)cc2nc1-c1ccccc1)c1nc(N)nc(N)c1C#N. The van der Waals surface area contributed by atoms with Gasteiger partial charge in [-0.1, -0.05) is 30.3 Å². The highest BCUT2D eigenvalue weighted by Gasteiger charge is 2.22. The Hall–Kier alpha value is -4.25. The first-order valence-electron chi connectivity index (χ1n) is 9.28. The van der Waals surface area contributed by atoms with Crippen molar-refractivity contribution in [3.8, 4) is 17.3 Å². The van der Waals surface area contributed by atoms with Gasteiger partial charge in [0, 0.05) is 23.6 Å². The van der Waals surface area contributed by atoms with Gasteiger partial charge < -0.3 is 16.4 Å². The third kappa shape index (κ3) is 3.33. The Morgan fingerprint density at radius 3 is 2.50 bits per heavy atom. The summed E-state index contributed by atoms with van der Waals surface area (Å²) in [6.45, 7) is 2.37. The fourth-order valence-electron chi connectivity index (χ4n) is 3.36. The average Bonchev–Trinajstić information content (AvgIpc) is 2.74. The molecule has 0 saturated carbocycles. The van der Waals surface area contributed by atoms with E-state index >= 15 is 0 Å². The number of benzene rings is 2. The Bertz CT molecular complexity index is 1280. The summed E-state index contributed by atoms with van der Waals surface area (Å²) in [4.78, 5) is 14.7. The summed E-state index contributed by atoms with van der Waals surface area (Å²) in [5.74, 6) is -0.0878. The van der Waals surface area contributed by atoms with Gasteiger partial charge in [-0.25, -0.2) is 9.37 Å². The highest BCUT2D eigenvalue weighted by atomic mass is 19.1. The number of fused-ring (bicyclic) bond motifs is 1. The van der Waals surface area contributed by atoms with Crippen LogP contribution >= 0.6 is 0 Å². The van der Waals surface area contributed by atoms with Crippen LogP contribution in [-0.4, -0.2) is 21.5 Å². The number of nitrogen functional groups attached to an aromatic ring is 2. The van der Waals surface area contributed by atoms with Crippen molar-refractivity contribution in [3.05, 3.63) is 66.0 Å². The largest absolute Gasteiger partial charge is 0.382 e. The van der Waals surface area contributed by atoms with Gasteiger partial charge in [-0.15, -0.1) is 0 Å². The van der Waals surface area contributed by atoms with Crippen molar-refractivity contribution in [2.24, 2.45) is 0 Å². The molecule has 4 rings (SSSR count). The van der Waals surface area contributed by atoms with Gasteiger partial charge >= 0.3 is 0 Å². The molecule has 4 aromatic rings. The first-order valence-corrected chi connectivity index (χ1v) is 9.28. The summed E-state index contributed by atoms with van der Waals surface area (Å²) < 4.78 is 13.8. The molecule has 0 aliphatic heterocycles. The highest BCUT2D eigenvalue weighted by Crippen LogP contribution is 2.37. The van der Waals surface area contributed by atoms with Crippen LogP contribution in [0.25, 0.3) is 22.2 Å². The van der Waals surface area contributed by atoms with Gasteiger partial charge in [0.05, 0.1) is 16.9 Å². The van der Waals surface area contributed by atoms with E-state index in [2.05, 4.69) is 16.0 Å². The first kappa shape index (κ1) is 19.1. The van der Waals surface area contributed by atoms with Crippen molar-refractivity contribution >= 4 is 34.2 Å². The normalized spacial score (nSPS) is 10.7. The van der Waals surface area contributed by atoms with E-state index < -0.39 is 0 Å². The summed E-state index contributed by atoms with van der Waals surface area (Å²) in [6.07, 6.45) is 0. The van der Waals surface area contributed by atoms with Gasteiger partial charge in [0.1, 0.15) is 23.3 Å². The molecule has 2 aromatic carbocycles. The zero-order valence-electron chi connectivity index (χ0n) is 16.2. The lowest BCUT2D eigenvalue weighted by Crippen LogP contribution is -2.22. The Morgan fingerprint density at radius 2 is 1.80 bits per heavy atom. The summed E-state index contributed by atoms with van der Waals surface area (Å²) >= 11 is 0. The molecular formula is C22H18FN7. The maximum absolute atomic E-state index is 13.8. The molecule has 8 heteroatoms. The number of nitrogens with zero attached hydrogens (tertiary/aromatic N) is 5. The van der Waals surface area contributed by atoms with Gasteiger partial charge in [0.15, 0.2) is 5.82 Å². The zero-order valence-corrected chi connectivity index (χ0v) is 16.2. The van der Waals surface area contributed by atoms with E-state index in [-0.39, 0.29) is 23.1 Å². The third-order valence-electron chi connectivity index (χ3n) is 4.72. The van der Waals surface area contributed by atoms with E-state index in [1.807, 2.05) is 48.2 Å². The number of anilines is 4. The predicted molar refractivity (Wildman–Crippen MR) is 115 cm³/mol. The lowest BCUT2D eigenvalue weighted by atomic mass is 10.1. The van der Waals surface area contributed by atoms with Crippen LogP contribution in [-0.2, 0) is 0 Å². The van der Waals surface area contributed by atoms with E-state index in [0.717, 1.165) is 10.9 Å². The molecule has 148 valence electrons. The minimum atomic E-state index is -0.364. The van der Waals surface area contributed by atoms with Crippen LogP contribution in [0.3, 0.4) is 0 Å². The average molecular weight is 399 g/mol. The quantitative estimate of drug-likeness (QED) is 0.532. The van der Waals surface area contributed by atoms with Crippen LogP contribution in [0, 0.1) is 17.1 Å². The maximum atomic E-state index is 13.8. The third-order valence-corrected chi connectivity index (χ3v) is 4.72. The fraction of sp³-hybridized carbons (Fsp3) is 0.0909. The minimum absolute atomic E-state index is 0.00975. The van der Waals surface area contributed by atoms with Gasteiger partial charge in [-0.05, 0) is 25.1 Å². The van der Waals surface area contributed by atoms with Crippen LogP contribution in [0.4, 0.5) is 27.7 Å². The second-order valence-corrected chi connectivity index (χ2v) is 6.58. The van der Waals surface area contributed by atoms with Crippen molar-refractivity contribution in [1.82, 2.24) is 15.0 Å². The Kier molecular flexibility index (Phi) is 4.86. The number of hydrogen-bond acceptors (Lipinski definition) is 7. The Morgan fingerprint density at radius 1 is 1.03 bits per heavy atom. The molecule has 0 fully saturated rings. The van der Waals surface area contributed by atoms with Crippen molar-refractivity contribution in [2.45, 2.75) is 6.92 Å². The number of halogens is 1. The number of nitriles is 1. The smallest absolute Gasteiger partial charge is 0.224 e. The van der Waals surface area contributed by atoms with Crippen molar-refractivity contribution in [2.75, 3.05) is 22.9 Å². The summed E-state index contributed by atoms with van der Waals surface area (Å²) in [6, 6.07) is 17.9. The molecule has 0 aliphatic carbocycles. The summed E-state index contributed by atoms with van der Waals surface area (Å²) in [5.41, 5.74) is 14.5. The molecule has 0 aliphatic rings. The van der Waals surface area contributed by atoms with E-state index in [1.165, 1.54) is 12.1 Å². The van der Waals surface area contributed by atoms with Crippen molar-refractivity contribution < 1.29 is 4.39 Å². The molecule has 2 heterocycles. The van der Waals surface area contributed by atoms with Gasteiger partial charge in [0.2, 0.25) is 5.95 Å². The molecule has 0 saturated heterocycles. The molecule has 4 N–H and O–H groups in total. The van der Waals surface area contributed by atoms with Crippen LogP contribution in [0.15, 0.2) is 54.6 Å². The summed E-state index contributed by atoms with van der Waals surface area (Å²) in [7, 11) is 0. The number of pyridine rings is 1. The molecule has 7 nitrogen and oxygen atoms in total. The molecule has 0 bridgehead atoms. The van der Waals surface area contributed by atoms with E-state index in [9.17, 15) is 9.65 Å². The fourth-order valence-corrected chi connectivity index (χ4v) is 3.36. The molecule has 0 radical (unpaired) electrons. The molecule has 0 spiro atoms. The first-order chi connectivity index (χ1) is 14.5. The van der Waals surface area contributed by atoms with Gasteiger partial charge in [-0.3, -0.25) is 0 Å². The maximum Gasteiger partial charge on any atom is 0.224 e. The topological polar surface area (TPSA) is 118 Å². The van der Waals surface area contributed by atoms with E-state index in [4.69, 9.17) is 16.5 Å². The van der Waals surface area contributed by atoms with E-state index in [0.29, 0.717) is 29.3 Å². The lowest BCUT2D eigenvalue weighted by Gasteiger charge is -2.26.